The first-order valence-corrected chi connectivity index (χ1v) is 6.83. The lowest BCUT2D eigenvalue weighted by Crippen LogP contribution is -1.99. The van der Waals surface area contributed by atoms with Gasteiger partial charge in [-0.05, 0) is 31.5 Å². The smallest absolute Gasteiger partial charge is 0.335 e. The highest BCUT2D eigenvalue weighted by Crippen LogP contribution is 2.30. The second-order valence-electron chi connectivity index (χ2n) is 4.45. The number of hydrogen-bond acceptors (Lipinski definition) is 5. The Morgan fingerprint density at radius 1 is 1.29 bits per heavy atom. The summed E-state index contributed by atoms with van der Waals surface area (Å²) in [5.41, 5.74) is 1.36. The van der Waals surface area contributed by atoms with E-state index in [1.54, 1.807) is 26.0 Å². The van der Waals surface area contributed by atoms with Gasteiger partial charge in [0.15, 0.2) is 0 Å². The highest BCUT2D eigenvalue weighted by molar-refractivity contribution is 7.99. The Kier molecular flexibility index (Phi) is 4.23. The van der Waals surface area contributed by atoms with Gasteiger partial charge in [-0.25, -0.2) is 9.78 Å². The molecule has 0 atom stereocenters. The van der Waals surface area contributed by atoms with Crippen molar-refractivity contribution in [1.82, 2.24) is 4.98 Å². The maximum Gasteiger partial charge on any atom is 0.335 e. The summed E-state index contributed by atoms with van der Waals surface area (Å²) in [6, 6.07) is 6.39. The van der Waals surface area contributed by atoms with Crippen LogP contribution in [0.3, 0.4) is 0 Å². The number of nitrogens with zero attached hydrogens (tertiary/aromatic N) is 2. The van der Waals surface area contributed by atoms with E-state index in [1.807, 2.05) is 0 Å². The minimum atomic E-state index is -1.00. The highest BCUT2D eigenvalue weighted by Gasteiger charge is 2.14. The maximum absolute atomic E-state index is 11.1. The zero-order valence-electron chi connectivity index (χ0n) is 11.4. The molecule has 7 heteroatoms. The summed E-state index contributed by atoms with van der Waals surface area (Å²) < 4.78 is 0. The molecule has 6 nitrogen and oxygen atoms in total. The van der Waals surface area contributed by atoms with Crippen LogP contribution in [0.5, 0.6) is 0 Å². The Labute approximate surface area is 125 Å². The summed E-state index contributed by atoms with van der Waals surface area (Å²) in [4.78, 5) is 26.3. The highest BCUT2D eigenvalue weighted by atomic mass is 32.2. The van der Waals surface area contributed by atoms with Crippen LogP contribution >= 0.6 is 11.8 Å². The molecular formula is C14H12N2O4S. The van der Waals surface area contributed by atoms with Crippen molar-refractivity contribution < 1.29 is 14.8 Å². The van der Waals surface area contributed by atoms with Gasteiger partial charge in [0.05, 0.1) is 10.5 Å². The molecule has 1 heterocycles. The van der Waals surface area contributed by atoms with Crippen LogP contribution in [0.1, 0.15) is 21.5 Å². The van der Waals surface area contributed by atoms with E-state index in [-0.39, 0.29) is 11.3 Å². The van der Waals surface area contributed by atoms with Crippen molar-refractivity contribution in [3.05, 3.63) is 57.3 Å². The van der Waals surface area contributed by atoms with Crippen molar-refractivity contribution in [3.8, 4) is 0 Å². The van der Waals surface area contributed by atoms with Crippen LogP contribution in [0.15, 0.2) is 40.4 Å². The topological polar surface area (TPSA) is 93.3 Å². The van der Waals surface area contributed by atoms with E-state index in [2.05, 4.69) is 4.98 Å². The molecule has 1 aromatic heterocycles. The van der Waals surface area contributed by atoms with Gasteiger partial charge in [-0.1, -0.05) is 17.8 Å². The summed E-state index contributed by atoms with van der Waals surface area (Å²) in [5.74, 6) is -1.00. The van der Waals surface area contributed by atoms with Crippen molar-refractivity contribution in [1.29, 1.82) is 0 Å². The van der Waals surface area contributed by atoms with Crippen molar-refractivity contribution in [3.63, 3.8) is 0 Å². The third kappa shape index (κ3) is 3.38. The molecule has 108 valence electrons. The zero-order chi connectivity index (χ0) is 15.6. The van der Waals surface area contributed by atoms with Gasteiger partial charge in [0.25, 0.3) is 5.69 Å². The Morgan fingerprint density at radius 3 is 2.62 bits per heavy atom. The fraction of sp³-hybridized carbons (Fsp3) is 0.143. The predicted molar refractivity (Wildman–Crippen MR) is 77.9 cm³/mol. The van der Waals surface area contributed by atoms with E-state index in [0.717, 1.165) is 0 Å². The second kappa shape index (κ2) is 5.92. The van der Waals surface area contributed by atoms with E-state index >= 15 is 0 Å². The molecule has 21 heavy (non-hydrogen) atoms. The van der Waals surface area contributed by atoms with Crippen LogP contribution in [-0.4, -0.2) is 21.0 Å². The molecule has 0 saturated carbocycles. The third-order valence-electron chi connectivity index (χ3n) is 2.91. The minimum absolute atomic E-state index is 0.00179. The molecule has 0 fully saturated rings. The van der Waals surface area contributed by atoms with E-state index in [1.165, 1.54) is 30.1 Å². The van der Waals surface area contributed by atoms with Crippen molar-refractivity contribution in [2.75, 3.05) is 0 Å². The Hall–Kier alpha value is -2.41. The van der Waals surface area contributed by atoms with Gasteiger partial charge in [-0.15, -0.1) is 0 Å². The SMILES string of the molecule is Cc1ccc(Sc2cc([N+](=O)[O-])c(C)cn2)cc1C(=O)O. The number of carboxylic acid groups (broad SMARTS) is 1. The first-order chi connectivity index (χ1) is 9.88. The molecule has 2 aromatic rings. The van der Waals surface area contributed by atoms with Crippen LogP contribution in [0.2, 0.25) is 0 Å². The Bertz CT molecular complexity index is 669. The lowest BCUT2D eigenvalue weighted by Gasteiger charge is -2.05. The van der Waals surface area contributed by atoms with Gasteiger partial charge in [-0.3, -0.25) is 10.1 Å². The van der Waals surface area contributed by atoms with Gasteiger partial charge >= 0.3 is 5.97 Å². The average Bonchev–Trinajstić information content (AvgIpc) is 2.42. The molecule has 0 aliphatic rings. The molecule has 1 aromatic carbocycles. The van der Waals surface area contributed by atoms with E-state index < -0.39 is 10.9 Å². The lowest BCUT2D eigenvalue weighted by atomic mass is 10.1. The number of carbonyl (C=O) groups is 1. The van der Waals surface area contributed by atoms with E-state index in [0.29, 0.717) is 21.0 Å². The molecule has 0 saturated heterocycles. The fourth-order valence-corrected chi connectivity index (χ4v) is 2.59. The summed E-state index contributed by atoms with van der Waals surface area (Å²) in [6.07, 6.45) is 1.44. The molecule has 0 unspecified atom stereocenters. The van der Waals surface area contributed by atoms with E-state index in [9.17, 15) is 14.9 Å². The Morgan fingerprint density at radius 2 is 2.00 bits per heavy atom. The lowest BCUT2D eigenvalue weighted by molar-refractivity contribution is -0.385. The van der Waals surface area contributed by atoms with Crippen LogP contribution in [0.4, 0.5) is 5.69 Å². The number of aromatic nitrogens is 1. The molecule has 0 spiro atoms. The molecule has 0 aliphatic heterocycles. The van der Waals surface area contributed by atoms with Gasteiger partial charge in [0, 0.05) is 22.7 Å². The molecule has 0 amide bonds. The average molecular weight is 304 g/mol. The molecular weight excluding hydrogens is 292 g/mol. The summed E-state index contributed by atoms with van der Waals surface area (Å²) in [7, 11) is 0. The fourth-order valence-electron chi connectivity index (χ4n) is 1.76. The van der Waals surface area contributed by atoms with Gasteiger partial charge in [0.2, 0.25) is 0 Å². The second-order valence-corrected chi connectivity index (χ2v) is 5.54. The van der Waals surface area contributed by atoms with Gasteiger partial charge in [0.1, 0.15) is 5.03 Å². The first kappa shape index (κ1) is 15.0. The molecule has 2 rings (SSSR count). The normalized spacial score (nSPS) is 10.4. The molecule has 0 aliphatic carbocycles. The van der Waals surface area contributed by atoms with Crippen LogP contribution in [0, 0.1) is 24.0 Å². The standard InChI is InChI=1S/C14H12N2O4S/c1-8-3-4-10(5-11(8)14(17)18)21-13-6-12(16(19)20)9(2)7-15-13/h3-7H,1-2H3,(H,17,18). The number of hydrogen-bond donors (Lipinski definition) is 1. The number of rotatable bonds is 4. The molecule has 0 bridgehead atoms. The maximum atomic E-state index is 11.1. The number of pyridine rings is 1. The third-order valence-corrected chi connectivity index (χ3v) is 3.83. The largest absolute Gasteiger partial charge is 0.478 e. The number of carboxylic acids is 1. The summed E-state index contributed by atoms with van der Waals surface area (Å²) in [6.45, 7) is 3.33. The van der Waals surface area contributed by atoms with Crippen molar-refractivity contribution in [2.45, 2.75) is 23.8 Å². The van der Waals surface area contributed by atoms with Gasteiger partial charge in [-0.2, -0.15) is 0 Å². The number of nitro groups is 1. The van der Waals surface area contributed by atoms with Crippen LogP contribution in [-0.2, 0) is 0 Å². The number of aromatic carboxylic acids is 1. The van der Waals surface area contributed by atoms with Crippen molar-refractivity contribution >= 4 is 23.4 Å². The first-order valence-electron chi connectivity index (χ1n) is 6.01. The van der Waals surface area contributed by atoms with Gasteiger partial charge < -0.3 is 5.11 Å². The number of aryl methyl sites for hydroxylation is 2. The quantitative estimate of drug-likeness (QED) is 0.686. The zero-order valence-corrected chi connectivity index (χ0v) is 12.2. The minimum Gasteiger partial charge on any atom is -0.478 e. The monoisotopic (exact) mass is 304 g/mol. The molecule has 1 N–H and O–H groups in total. The van der Waals surface area contributed by atoms with E-state index in [4.69, 9.17) is 5.11 Å². The van der Waals surface area contributed by atoms with Crippen molar-refractivity contribution in [2.24, 2.45) is 0 Å². The predicted octanol–water partition coefficient (Wildman–Crippen LogP) is 3.46. The summed E-state index contributed by atoms with van der Waals surface area (Å²) in [5, 5.41) is 20.5. The van der Waals surface area contributed by atoms with Crippen LogP contribution < -0.4 is 0 Å². The van der Waals surface area contributed by atoms with Crippen LogP contribution in [0.25, 0.3) is 0 Å². The number of benzene rings is 1. The Balaban J connectivity index is 2.34. The summed E-state index contributed by atoms with van der Waals surface area (Å²) >= 11 is 1.19. The molecule has 0 radical (unpaired) electrons.